The molecule has 39 heavy (non-hydrogen) atoms. The Hall–Kier alpha value is -4.85. The molecule has 0 aliphatic heterocycles. The molecule has 0 saturated heterocycles. The molecule has 0 aliphatic carbocycles. The van der Waals surface area contributed by atoms with E-state index in [1.807, 2.05) is 84.9 Å². The maximum absolute atomic E-state index is 13.0. The van der Waals surface area contributed by atoms with Crippen LogP contribution in [0, 0.1) is 0 Å². The normalized spacial score (nSPS) is 13.0. The predicted molar refractivity (Wildman–Crippen MR) is 147 cm³/mol. The van der Waals surface area contributed by atoms with Crippen LogP contribution in [0.2, 0.25) is 0 Å². The van der Waals surface area contributed by atoms with Gasteiger partial charge in [-0.1, -0.05) is 66.7 Å². The summed E-state index contributed by atoms with van der Waals surface area (Å²) in [5.74, 6) is -1.11. The minimum absolute atomic E-state index is 0.0950. The number of amides is 1. The van der Waals surface area contributed by atoms with Crippen LogP contribution in [0.5, 0.6) is 17.2 Å². The summed E-state index contributed by atoms with van der Waals surface area (Å²) in [4.78, 5) is 29.6. The number of rotatable bonds is 10. The number of esters is 1. The number of benzene rings is 3. The van der Waals surface area contributed by atoms with Gasteiger partial charge in [-0.15, -0.1) is 0 Å². The molecule has 1 heterocycles. The highest BCUT2D eigenvalue weighted by atomic mass is 16.6. The van der Waals surface area contributed by atoms with Crippen molar-refractivity contribution in [1.82, 2.24) is 10.3 Å². The van der Waals surface area contributed by atoms with E-state index >= 15 is 0 Å². The maximum Gasteiger partial charge on any atom is 0.328 e. The molecule has 2 N–H and O–H groups in total. The Morgan fingerprint density at radius 1 is 0.872 bits per heavy atom. The molecule has 3 aromatic carbocycles. The molecule has 8 heteroatoms. The SMILES string of the molecule is COc1ccnc(C(=O)N[C@@H](C)C(=O)O[C@@H](C)[C@H](Oc2ccccc2)c2cccc(-c3ccccc3)c2)c1O. The molecule has 0 radical (unpaired) electrons. The number of hydrogen-bond donors (Lipinski definition) is 2. The van der Waals surface area contributed by atoms with Crippen LogP contribution in [0.15, 0.2) is 97.2 Å². The summed E-state index contributed by atoms with van der Waals surface area (Å²) in [6.45, 7) is 3.23. The molecule has 200 valence electrons. The average molecular weight is 527 g/mol. The Balaban J connectivity index is 1.52. The van der Waals surface area contributed by atoms with E-state index in [0.717, 1.165) is 16.7 Å². The van der Waals surface area contributed by atoms with Crippen molar-refractivity contribution in [1.29, 1.82) is 0 Å². The highest BCUT2D eigenvalue weighted by Gasteiger charge is 2.29. The van der Waals surface area contributed by atoms with Gasteiger partial charge in [0.25, 0.3) is 5.91 Å². The lowest BCUT2D eigenvalue weighted by molar-refractivity contribution is -0.154. The summed E-state index contributed by atoms with van der Waals surface area (Å²) in [7, 11) is 1.36. The number of carbonyl (C=O) groups excluding carboxylic acids is 2. The fourth-order valence-electron chi connectivity index (χ4n) is 4.04. The molecule has 0 unspecified atom stereocenters. The van der Waals surface area contributed by atoms with Crippen LogP contribution in [0.4, 0.5) is 0 Å². The lowest BCUT2D eigenvalue weighted by atomic mass is 9.98. The molecule has 0 aliphatic rings. The molecule has 1 amide bonds. The minimum atomic E-state index is -1.03. The van der Waals surface area contributed by atoms with E-state index in [9.17, 15) is 14.7 Å². The summed E-state index contributed by atoms with van der Waals surface area (Å²) in [6.07, 6.45) is -0.0217. The zero-order valence-corrected chi connectivity index (χ0v) is 21.9. The Morgan fingerprint density at radius 2 is 1.54 bits per heavy atom. The Labute approximate surface area is 227 Å². The minimum Gasteiger partial charge on any atom is -0.503 e. The Kier molecular flexibility index (Phi) is 8.78. The van der Waals surface area contributed by atoms with Crippen molar-refractivity contribution in [3.8, 4) is 28.4 Å². The van der Waals surface area contributed by atoms with Gasteiger partial charge in [0.15, 0.2) is 23.3 Å². The summed E-state index contributed by atoms with van der Waals surface area (Å²) in [6, 6.07) is 27.5. The van der Waals surface area contributed by atoms with E-state index in [1.54, 1.807) is 6.92 Å². The summed E-state index contributed by atoms with van der Waals surface area (Å²) < 4.78 is 17.1. The van der Waals surface area contributed by atoms with E-state index in [4.69, 9.17) is 14.2 Å². The van der Waals surface area contributed by atoms with Crippen LogP contribution in [0.25, 0.3) is 11.1 Å². The third-order valence-corrected chi connectivity index (χ3v) is 6.08. The molecular formula is C31H30N2O6. The van der Waals surface area contributed by atoms with Crippen molar-refractivity contribution in [2.24, 2.45) is 0 Å². The van der Waals surface area contributed by atoms with Gasteiger partial charge in [0.2, 0.25) is 0 Å². The van der Waals surface area contributed by atoms with Crippen LogP contribution in [-0.4, -0.2) is 41.2 Å². The first-order valence-electron chi connectivity index (χ1n) is 12.5. The van der Waals surface area contributed by atoms with Gasteiger partial charge < -0.3 is 24.6 Å². The van der Waals surface area contributed by atoms with E-state index < -0.39 is 35.9 Å². The van der Waals surface area contributed by atoms with Crippen molar-refractivity contribution >= 4 is 11.9 Å². The van der Waals surface area contributed by atoms with Crippen molar-refractivity contribution < 1.29 is 28.9 Å². The molecule has 1 aromatic heterocycles. The van der Waals surface area contributed by atoms with Gasteiger partial charge in [0.1, 0.15) is 17.9 Å². The first-order chi connectivity index (χ1) is 18.9. The Bertz CT molecular complexity index is 1410. The predicted octanol–water partition coefficient (Wildman–Crippen LogP) is 5.33. The van der Waals surface area contributed by atoms with E-state index in [1.165, 1.54) is 26.3 Å². The second-order valence-corrected chi connectivity index (χ2v) is 8.89. The van der Waals surface area contributed by atoms with Crippen molar-refractivity contribution in [2.75, 3.05) is 7.11 Å². The zero-order chi connectivity index (χ0) is 27.8. The fraction of sp³-hybridized carbons (Fsp3) is 0.194. The smallest absolute Gasteiger partial charge is 0.328 e. The van der Waals surface area contributed by atoms with Crippen molar-refractivity contribution in [3.63, 3.8) is 0 Å². The van der Waals surface area contributed by atoms with Crippen molar-refractivity contribution in [2.45, 2.75) is 32.1 Å². The van der Waals surface area contributed by atoms with Crippen LogP contribution >= 0.6 is 0 Å². The lowest BCUT2D eigenvalue weighted by Gasteiger charge is -2.27. The van der Waals surface area contributed by atoms with Crippen LogP contribution in [0.3, 0.4) is 0 Å². The summed E-state index contributed by atoms with van der Waals surface area (Å²) in [5.41, 5.74) is 2.61. The van der Waals surface area contributed by atoms with Gasteiger partial charge in [0.05, 0.1) is 7.11 Å². The molecule has 8 nitrogen and oxygen atoms in total. The highest BCUT2D eigenvalue weighted by Crippen LogP contribution is 2.30. The van der Waals surface area contributed by atoms with Gasteiger partial charge >= 0.3 is 5.97 Å². The third kappa shape index (κ3) is 6.73. The van der Waals surface area contributed by atoms with Gasteiger partial charge in [-0.2, -0.15) is 0 Å². The number of nitrogens with one attached hydrogen (secondary N) is 1. The van der Waals surface area contributed by atoms with Gasteiger partial charge in [-0.3, -0.25) is 4.79 Å². The number of para-hydroxylation sites is 1. The molecule has 0 bridgehead atoms. The van der Waals surface area contributed by atoms with Crippen LogP contribution in [-0.2, 0) is 9.53 Å². The van der Waals surface area contributed by atoms with Gasteiger partial charge in [-0.05, 0) is 48.7 Å². The van der Waals surface area contributed by atoms with Crippen LogP contribution in [0.1, 0.15) is 36.0 Å². The zero-order valence-electron chi connectivity index (χ0n) is 21.9. The maximum atomic E-state index is 13.0. The largest absolute Gasteiger partial charge is 0.503 e. The molecular weight excluding hydrogens is 496 g/mol. The fourth-order valence-corrected chi connectivity index (χ4v) is 4.04. The lowest BCUT2D eigenvalue weighted by Crippen LogP contribution is -2.42. The first-order valence-corrected chi connectivity index (χ1v) is 12.5. The number of ether oxygens (including phenoxy) is 3. The topological polar surface area (TPSA) is 107 Å². The first kappa shape index (κ1) is 27.2. The van der Waals surface area contributed by atoms with E-state index in [-0.39, 0.29) is 11.4 Å². The number of hydrogen-bond acceptors (Lipinski definition) is 7. The van der Waals surface area contributed by atoms with Crippen molar-refractivity contribution in [3.05, 3.63) is 108 Å². The number of pyridine rings is 1. The number of carbonyl (C=O) groups is 2. The summed E-state index contributed by atoms with van der Waals surface area (Å²) in [5, 5.41) is 12.7. The highest BCUT2D eigenvalue weighted by molar-refractivity contribution is 5.97. The average Bonchev–Trinajstić information content (AvgIpc) is 2.97. The van der Waals surface area contributed by atoms with Crippen LogP contribution < -0.4 is 14.8 Å². The number of methoxy groups -OCH3 is 1. The molecule has 4 aromatic rings. The van der Waals surface area contributed by atoms with Gasteiger partial charge in [-0.25, -0.2) is 9.78 Å². The third-order valence-electron chi connectivity index (χ3n) is 6.08. The second-order valence-electron chi connectivity index (χ2n) is 8.89. The standard InChI is InChI=1S/C31H30N2O6/c1-20(33-30(35)27-28(34)26(37-3)17-18-32-27)31(36)38-21(2)29(39-25-15-8-5-9-16-25)24-14-10-13-23(19-24)22-11-6-4-7-12-22/h4-21,29,34H,1-3H3,(H,33,35)/t20-,21-,29-/m0/s1. The molecule has 0 saturated carbocycles. The monoisotopic (exact) mass is 526 g/mol. The number of nitrogens with zero attached hydrogens (tertiary/aromatic N) is 1. The molecule has 0 fully saturated rings. The Morgan fingerprint density at radius 3 is 2.23 bits per heavy atom. The molecule has 4 rings (SSSR count). The number of aromatic hydroxyl groups is 1. The van der Waals surface area contributed by atoms with E-state index in [0.29, 0.717) is 5.75 Å². The van der Waals surface area contributed by atoms with E-state index in [2.05, 4.69) is 10.3 Å². The number of aromatic nitrogens is 1. The summed E-state index contributed by atoms with van der Waals surface area (Å²) >= 11 is 0. The second kappa shape index (κ2) is 12.6. The quantitative estimate of drug-likeness (QED) is 0.269. The van der Waals surface area contributed by atoms with Gasteiger partial charge in [0, 0.05) is 12.3 Å². The molecule has 3 atom stereocenters. The molecule has 0 spiro atoms.